The van der Waals surface area contributed by atoms with Crippen LogP contribution >= 0.6 is 0 Å². The van der Waals surface area contributed by atoms with Gasteiger partial charge in [-0.3, -0.25) is 4.98 Å². The summed E-state index contributed by atoms with van der Waals surface area (Å²) < 4.78 is 0. The summed E-state index contributed by atoms with van der Waals surface area (Å²) in [4.78, 5) is 10.2. The number of fused-ring (bicyclic) bond motifs is 3. The summed E-state index contributed by atoms with van der Waals surface area (Å²) in [5.41, 5.74) is 12.5. The maximum absolute atomic E-state index is 5.19. The van der Waals surface area contributed by atoms with Crippen molar-refractivity contribution in [1.82, 2.24) is 9.97 Å². The minimum absolute atomic E-state index is 0.0429. The Kier molecular flexibility index (Phi) is 4.70. The highest BCUT2D eigenvalue weighted by atomic mass is 14.8. The van der Waals surface area contributed by atoms with Gasteiger partial charge in [-0.1, -0.05) is 105 Å². The second kappa shape index (κ2) is 7.78. The van der Waals surface area contributed by atoms with E-state index in [4.69, 9.17) is 9.97 Å². The lowest BCUT2D eigenvalue weighted by Crippen LogP contribution is -2.14. The van der Waals surface area contributed by atoms with Gasteiger partial charge in [-0.05, 0) is 40.8 Å². The highest BCUT2D eigenvalue weighted by Crippen LogP contribution is 2.49. The maximum atomic E-state index is 5.19. The molecule has 164 valence electrons. The third-order valence-electron chi connectivity index (χ3n) is 7.10. The van der Waals surface area contributed by atoms with E-state index in [1.54, 1.807) is 0 Å². The van der Waals surface area contributed by atoms with Crippen LogP contribution in [0.2, 0.25) is 0 Å². The molecule has 0 aliphatic heterocycles. The van der Waals surface area contributed by atoms with E-state index in [9.17, 15) is 0 Å². The molecule has 34 heavy (non-hydrogen) atoms. The lowest BCUT2D eigenvalue weighted by molar-refractivity contribution is 0.660. The SMILES string of the molecule is Cc1ccccc1-c1ncc(-c2ccc3c(c2)C(C)(C)c2ccccc2-3)nc1-c1ccccc1. The number of hydrogen-bond acceptors (Lipinski definition) is 2. The molecular formula is C32H26N2. The summed E-state index contributed by atoms with van der Waals surface area (Å²) in [5.74, 6) is 0. The minimum atomic E-state index is -0.0429. The molecule has 2 nitrogen and oxygen atoms in total. The standard InChI is InChI=1S/C32H26N2/c1-21-11-7-8-14-24(21)31-30(22-12-5-4-6-13-22)34-29(20-33-31)23-17-18-26-25-15-9-10-16-27(25)32(2,3)28(26)19-23/h4-20H,1-3H3. The van der Waals surface area contributed by atoms with Crippen LogP contribution in [0.15, 0.2) is 103 Å². The predicted octanol–water partition coefficient (Wildman–Crippen LogP) is 8.09. The van der Waals surface area contributed by atoms with Crippen LogP contribution < -0.4 is 0 Å². The number of hydrogen-bond donors (Lipinski definition) is 0. The molecule has 5 aromatic rings. The van der Waals surface area contributed by atoms with Gasteiger partial charge in [0.1, 0.15) is 0 Å². The average molecular weight is 439 g/mol. The lowest BCUT2D eigenvalue weighted by atomic mass is 9.82. The molecule has 1 aromatic heterocycles. The van der Waals surface area contributed by atoms with Crippen molar-refractivity contribution in [3.05, 3.63) is 120 Å². The molecule has 0 radical (unpaired) electrons. The van der Waals surface area contributed by atoms with Crippen LogP contribution in [0.25, 0.3) is 44.9 Å². The second-order valence-electron chi connectivity index (χ2n) is 9.56. The molecule has 1 aliphatic rings. The van der Waals surface area contributed by atoms with E-state index in [1.807, 2.05) is 12.3 Å². The zero-order valence-corrected chi connectivity index (χ0v) is 19.7. The van der Waals surface area contributed by atoms with Crippen molar-refractivity contribution < 1.29 is 0 Å². The van der Waals surface area contributed by atoms with Crippen LogP contribution in [0.3, 0.4) is 0 Å². The van der Waals surface area contributed by atoms with E-state index in [2.05, 4.69) is 112 Å². The van der Waals surface area contributed by atoms with Crippen LogP contribution in [0.1, 0.15) is 30.5 Å². The molecule has 1 heterocycles. The number of aryl methyl sites for hydroxylation is 1. The van der Waals surface area contributed by atoms with Crippen molar-refractivity contribution in [2.24, 2.45) is 0 Å². The van der Waals surface area contributed by atoms with E-state index in [1.165, 1.54) is 27.8 Å². The van der Waals surface area contributed by atoms with Crippen molar-refractivity contribution in [2.75, 3.05) is 0 Å². The molecule has 0 atom stereocenters. The fourth-order valence-corrected chi connectivity index (χ4v) is 5.22. The zero-order valence-electron chi connectivity index (χ0n) is 19.7. The molecule has 0 saturated carbocycles. The van der Waals surface area contributed by atoms with Gasteiger partial charge in [0.15, 0.2) is 0 Å². The normalized spacial score (nSPS) is 13.4. The summed E-state index contributed by atoms with van der Waals surface area (Å²) in [6.07, 6.45) is 1.92. The Hall–Kier alpha value is -4.04. The van der Waals surface area contributed by atoms with Crippen molar-refractivity contribution in [3.63, 3.8) is 0 Å². The Balaban J connectivity index is 1.53. The van der Waals surface area contributed by atoms with Gasteiger partial charge in [0.05, 0.1) is 23.3 Å². The summed E-state index contributed by atoms with van der Waals surface area (Å²) in [5, 5.41) is 0. The average Bonchev–Trinajstić information content (AvgIpc) is 3.11. The smallest absolute Gasteiger partial charge is 0.0972 e. The number of nitrogens with zero attached hydrogens (tertiary/aromatic N) is 2. The van der Waals surface area contributed by atoms with E-state index in [-0.39, 0.29) is 5.41 Å². The van der Waals surface area contributed by atoms with E-state index in [0.29, 0.717) is 0 Å². The summed E-state index contributed by atoms with van der Waals surface area (Å²) >= 11 is 0. The Bertz CT molecular complexity index is 1530. The fourth-order valence-electron chi connectivity index (χ4n) is 5.22. The van der Waals surface area contributed by atoms with Gasteiger partial charge in [-0.2, -0.15) is 0 Å². The number of aromatic nitrogens is 2. The van der Waals surface area contributed by atoms with Gasteiger partial charge in [-0.25, -0.2) is 4.98 Å². The lowest BCUT2D eigenvalue weighted by Gasteiger charge is -2.22. The Morgan fingerprint density at radius 1 is 0.588 bits per heavy atom. The van der Waals surface area contributed by atoms with Gasteiger partial charge < -0.3 is 0 Å². The highest BCUT2D eigenvalue weighted by Gasteiger charge is 2.35. The Labute approximate surface area is 201 Å². The monoisotopic (exact) mass is 438 g/mol. The second-order valence-corrected chi connectivity index (χ2v) is 9.56. The minimum Gasteiger partial charge on any atom is -0.252 e. The van der Waals surface area contributed by atoms with E-state index >= 15 is 0 Å². The van der Waals surface area contributed by atoms with E-state index in [0.717, 1.165) is 33.8 Å². The first-order valence-corrected chi connectivity index (χ1v) is 11.8. The molecule has 0 unspecified atom stereocenters. The molecule has 6 rings (SSSR count). The summed E-state index contributed by atoms with van der Waals surface area (Å²) in [6, 6.07) is 34.2. The molecule has 1 aliphatic carbocycles. The van der Waals surface area contributed by atoms with Gasteiger partial charge >= 0.3 is 0 Å². The molecule has 0 fully saturated rings. The zero-order chi connectivity index (χ0) is 23.3. The van der Waals surface area contributed by atoms with Crippen molar-refractivity contribution in [1.29, 1.82) is 0 Å². The third-order valence-corrected chi connectivity index (χ3v) is 7.10. The maximum Gasteiger partial charge on any atom is 0.0972 e. The molecule has 2 heteroatoms. The summed E-state index contributed by atoms with van der Waals surface area (Å²) in [6.45, 7) is 6.74. The third kappa shape index (κ3) is 3.18. The molecule has 0 N–H and O–H groups in total. The van der Waals surface area contributed by atoms with Gasteiger partial charge in [0, 0.05) is 22.1 Å². The molecule has 0 bridgehead atoms. The summed E-state index contributed by atoms with van der Waals surface area (Å²) in [7, 11) is 0. The van der Waals surface area contributed by atoms with Crippen LogP contribution in [-0.2, 0) is 5.41 Å². The topological polar surface area (TPSA) is 25.8 Å². The first-order chi connectivity index (χ1) is 16.5. The largest absolute Gasteiger partial charge is 0.252 e. The fraction of sp³-hybridized carbons (Fsp3) is 0.125. The van der Waals surface area contributed by atoms with Crippen LogP contribution in [-0.4, -0.2) is 9.97 Å². The number of benzene rings is 4. The number of rotatable bonds is 3. The highest BCUT2D eigenvalue weighted by molar-refractivity contribution is 5.84. The van der Waals surface area contributed by atoms with Gasteiger partial charge in [-0.15, -0.1) is 0 Å². The van der Waals surface area contributed by atoms with Crippen molar-refractivity contribution in [2.45, 2.75) is 26.2 Å². The quantitative estimate of drug-likeness (QED) is 0.284. The first kappa shape index (κ1) is 20.6. The molecule has 0 saturated heterocycles. The van der Waals surface area contributed by atoms with Crippen LogP contribution in [0.5, 0.6) is 0 Å². The molecule has 0 spiro atoms. The van der Waals surface area contributed by atoms with Crippen molar-refractivity contribution in [3.8, 4) is 44.9 Å². The van der Waals surface area contributed by atoms with Gasteiger partial charge in [0.25, 0.3) is 0 Å². The Morgan fingerprint density at radius 2 is 1.26 bits per heavy atom. The van der Waals surface area contributed by atoms with Crippen LogP contribution in [0.4, 0.5) is 0 Å². The molecular weight excluding hydrogens is 412 g/mol. The predicted molar refractivity (Wildman–Crippen MR) is 141 cm³/mol. The molecule has 4 aromatic carbocycles. The van der Waals surface area contributed by atoms with E-state index < -0.39 is 0 Å². The first-order valence-electron chi connectivity index (χ1n) is 11.8. The Morgan fingerprint density at radius 3 is 2.06 bits per heavy atom. The molecule has 0 amide bonds. The van der Waals surface area contributed by atoms with Gasteiger partial charge in [0.2, 0.25) is 0 Å². The van der Waals surface area contributed by atoms with Crippen molar-refractivity contribution >= 4 is 0 Å². The van der Waals surface area contributed by atoms with Crippen LogP contribution in [0, 0.1) is 6.92 Å².